The van der Waals surface area contributed by atoms with Crippen LogP contribution in [0.2, 0.25) is 0 Å². The minimum atomic E-state index is -0.520. The Bertz CT molecular complexity index is 366. The third-order valence-electron chi connectivity index (χ3n) is 2.03. The first-order valence-corrected chi connectivity index (χ1v) is 4.95. The summed E-state index contributed by atoms with van der Waals surface area (Å²) < 4.78 is 10.3. The van der Waals surface area contributed by atoms with Crippen LogP contribution >= 0.6 is 0 Å². The van der Waals surface area contributed by atoms with Crippen molar-refractivity contribution in [2.24, 2.45) is 11.5 Å². The molecule has 1 aromatic rings. The Morgan fingerprint density at radius 3 is 2.69 bits per heavy atom. The fourth-order valence-corrected chi connectivity index (χ4v) is 1.30. The molecule has 1 rings (SSSR count). The van der Waals surface area contributed by atoms with Crippen LogP contribution in [0.5, 0.6) is 11.5 Å². The summed E-state index contributed by atoms with van der Waals surface area (Å²) >= 11 is 0. The van der Waals surface area contributed by atoms with Crippen molar-refractivity contribution in [3.05, 3.63) is 23.8 Å². The van der Waals surface area contributed by atoms with Gasteiger partial charge in [-0.2, -0.15) is 0 Å². The molecule has 5 nitrogen and oxygen atoms in total. The highest BCUT2D eigenvalue weighted by atomic mass is 16.5. The Balaban J connectivity index is 2.80. The van der Waals surface area contributed by atoms with E-state index in [2.05, 4.69) is 0 Å². The Morgan fingerprint density at radius 1 is 1.38 bits per heavy atom. The SMILES string of the molecule is COc1cc(CCN)ccc1OCC(N)=O. The molecule has 0 aliphatic heterocycles. The number of hydrogen-bond donors (Lipinski definition) is 2. The predicted octanol–water partition coefficient (Wildman–Crippen LogP) is 0.0605. The number of ether oxygens (including phenoxy) is 2. The summed E-state index contributed by atoms with van der Waals surface area (Å²) in [6.07, 6.45) is 0.770. The molecule has 0 aliphatic rings. The van der Waals surface area contributed by atoms with Crippen molar-refractivity contribution in [1.82, 2.24) is 0 Å². The molecule has 0 saturated carbocycles. The number of nitrogens with two attached hydrogens (primary N) is 2. The molecular weight excluding hydrogens is 208 g/mol. The molecule has 0 bridgehead atoms. The summed E-state index contributed by atoms with van der Waals surface area (Å²) in [6.45, 7) is 0.414. The summed E-state index contributed by atoms with van der Waals surface area (Å²) in [4.78, 5) is 10.6. The van der Waals surface area contributed by atoms with Gasteiger partial charge in [0, 0.05) is 0 Å². The van der Waals surface area contributed by atoms with Crippen LogP contribution < -0.4 is 20.9 Å². The average Bonchev–Trinajstić information content (AvgIpc) is 2.27. The summed E-state index contributed by atoms with van der Waals surface area (Å²) in [5.74, 6) is 0.558. The van der Waals surface area contributed by atoms with Crippen LogP contribution in [0, 0.1) is 0 Å². The average molecular weight is 224 g/mol. The van der Waals surface area contributed by atoms with Gasteiger partial charge in [0.15, 0.2) is 18.1 Å². The van der Waals surface area contributed by atoms with Gasteiger partial charge < -0.3 is 20.9 Å². The van der Waals surface area contributed by atoms with Crippen molar-refractivity contribution >= 4 is 5.91 Å². The maximum atomic E-state index is 10.6. The lowest BCUT2D eigenvalue weighted by molar-refractivity contribution is -0.119. The summed E-state index contributed by atoms with van der Waals surface area (Å²) in [7, 11) is 1.54. The van der Waals surface area contributed by atoms with Crippen molar-refractivity contribution in [1.29, 1.82) is 0 Å². The number of rotatable bonds is 6. The van der Waals surface area contributed by atoms with E-state index in [0.29, 0.717) is 18.0 Å². The van der Waals surface area contributed by atoms with Gasteiger partial charge in [0.1, 0.15) is 0 Å². The molecule has 0 aromatic heterocycles. The second-order valence-electron chi connectivity index (χ2n) is 3.28. The first-order chi connectivity index (χ1) is 7.67. The minimum absolute atomic E-state index is 0.160. The molecule has 0 unspecified atom stereocenters. The molecule has 0 aliphatic carbocycles. The molecule has 0 saturated heterocycles. The number of methoxy groups -OCH3 is 1. The van der Waals surface area contributed by atoms with Crippen LogP contribution in [-0.2, 0) is 11.2 Å². The van der Waals surface area contributed by atoms with Crippen LogP contribution in [0.25, 0.3) is 0 Å². The lowest BCUT2D eigenvalue weighted by Crippen LogP contribution is -2.20. The van der Waals surface area contributed by atoms with E-state index >= 15 is 0 Å². The number of carbonyl (C=O) groups excluding carboxylic acids is 1. The normalized spacial score (nSPS) is 9.88. The van der Waals surface area contributed by atoms with Gasteiger partial charge >= 0.3 is 0 Å². The highest BCUT2D eigenvalue weighted by molar-refractivity contribution is 5.75. The monoisotopic (exact) mass is 224 g/mol. The van der Waals surface area contributed by atoms with Crippen molar-refractivity contribution in [2.45, 2.75) is 6.42 Å². The van der Waals surface area contributed by atoms with E-state index in [9.17, 15) is 4.79 Å². The maximum Gasteiger partial charge on any atom is 0.255 e. The van der Waals surface area contributed by atoms with Gasteiger partial charge in [0.05, 0.1) is 7.11 Å². The van der Waals surface area contributed by atoms with Crippen LogP contribution in [0.15, 0.2) is 18.2 Å². The van der Waals surface area contributed by atoms with E-state index < -0.39 is 5.91 Å². The largest absolute Gasteiger partial charge is 0.493 e. The summed E-state index contributed by atoms with van der Waals surface area (Å²) in [5.41, 5.74) is 11.5. The van der Waals surface area contributed by atoms with Crippen LogP contribution in [-0.4, -0.2) is 26.2 Å². The number of primary amides is 1. The van der Waals surface area contributed by atoms with Gasteiger partial charge in [0.2, 0.25) is 0 Å². The third-order valence-corrected chi connectivity index (χ3v) is 2.03. The van der Waals surface area contributed by atoms with Gasteiger partial charge in [-0.3, -0.25) is 4.79 Å². The van der Waals surface area contributed by atoms with Gasteiger partial charge in [-0.05, 0) is 30.7 Å². The van der Waals surface area contributed by atoms with Crippen molar-refractivity contribution in [2.75, 3.05) is 20.3 Å². The molecule has 0 spiro atoms. The second kappa shape index (κ2) is 5.97. The van der Waals surface area contributed by atoms with Crippen molar-refractivity contribution < 1.29 is 14.3 Å². The van der Waals surface area contributed by atoms with Crippen LogP contribution in [0.3, 0.4) is 0 Å². The number of carbonyl (C=O) groups is 1. The van der Waals surface area contributed by atoms with E-state index in [1.807, 2.05) is 12.1 Å². The smallest absolute Gasteiger partial charge is 0.255 e. The van der Waals surface area contributed by atoms with Gasteiger partial charge in [0.25, 0.3) is 5.91 Å². The minimum Gasteiger partial charge on any atom is -0.493 e. The van der Waals surface area contributed by atoms with E-state index in [4.69, 9.17) is 20.9 Å². The molecule has 0 radical (unpaired) electrons. The first kappa shape index (κ1) is 12.3. The van der Waals surface area contributed by atoms with Gasteiger partial charge in [-0.1, -0.05) is 6.07 Å². The highest BCUT2D eigenvalue weighted by Crippen LogP contribution is 2.27. The topological polar surface area (TPSA) is 87.6 Å². The molecule has 0 atom stereocenters. The Hall–Kier alpha value is -1.75. The first-order valence-electron chi connectivity index (χ1n) is 4.95. The summed E-state index contributed by atoms with van der Waals surface area (Å²) in [5, 5.41) is 0. The van der Waals surface area contributed by atoms with Gasteiger partial charge in [-0.15, -0.1) is 0 Å². The lowest BCUT2D eigenvalue weighted by atomic mass is 10.1. The molecule has 1 aromatic carbocycles. The lowest BCUT2D eigenvalue weighted by Gasteiger charge is -2.10. The Morgan fingerprint density at radius 2 is 2.12 bits per heavy atom. The van der Waals surface area contributed by atoms with Gasteiger partial charge in [-0.25, -0.2) is 0 Å². The zero-order valence-corrected chi connectivity index (χ0v) is 9.23. The fourth-order valence-electron chi connectivity index (χ4n) is 1.30. The zero-order chi connectivity index (χ0) is 12.0. The van der Waals surface area contributed by atoms with E-state index in [-0.39, 0.29) is 6.61 Å². The fraction of sp³-hybridized carbons (Fsp3) is 0.364. The number of amides is 1. The molecular formula is C11H16N2O3. The van der Waals surface area contributed by atoms with Crippen molar-refractivity contribution in [3.63, 3.8) is 0 Å². The summed E-state index contributed by atoms with van der Waals surface area (Å²) in [6, 6.07) is 5.46. The Labute approximate surface area is 94.3 Å². The highest BCUT2D eigenvalue weighted by Gasteiger charge is 2.06. The molecule has 5 heteroatoms. The van der Waals surface area contributed by atoms with Crippen LogP contribution in [0.4, 0.5) is 0 Å². The standard InChI is InChI=1S/C11H16N2O3/c1-15-10-6-8(4-5-12)2-3-9(10)16-7-11(13)14/h2-3,6H,4-5,7,12H2,1H3,(H2,13,14). The van der Waals surface area contributed by atoms with Crippen molar-refractivity contribution in [3.8, 4) is 11.5 Å². The molecule has 88 valence electrons. The molecule has 1 amide bonds. The van der Waals surface area contributed by atoms with E-state index in [1.165, 1.54) is 0 Å². The molecule has 16 heavy (non-hydrogen) atoms. The third kappa shape index (κ3) is 3.43. The van der Waals surface area contributed by atoms with E-state index in [0.717, 1.165) is 12.0 Å². The molecule has 4 N–H and O–H groups in total. The number of hydrogen-bond acceptors (Lipinski definition) is 4. The second-order valence-corrected chi connectivity index (χ2v) is 3.28. The zero-order valence-electron chi connectivity index (χ0n) is 9.23. The molecule has 0 heterocycles. The number of benzene rings is 1. The molecule has 0 fully saturated rings. The quantitative estimate of drug-likeness (QED) is 0.715. The Kier molecular flexibility index (Phi) is 4.60. The predicted molar refractivity (Wildman–Crippen MR) is 60.4 cm³/mol. The van der Waals surface area contributed by atoms with Crippen LogP contribution in [0.1, 0.15) is 5.56 Å². The maximum absolute atomic E-state index is 10.6. The van der Waals surface area contributed by atoms with E-state index in [1.54, 1.807) is 13.2 Å².